The summed E-state index contributed by atoms with van der Waals surface area (Å²) in [7, 11) is 0. The van der Waals surface area contributed by atoms with E-state index in [1.54, 1.807) is 0 Å². The number of halogens is 1. The summed E-state index contributed by atoms with van der Waals surface area (Å²) in [5.74, 6) is 0. The molecule has 0 N–H and O–H groups in total. The van der Waals surface area contributed by atoms with E-state index in [4.69, 9.17) is 47.0 Å². The smallest absolute Gasteiger partial charge is 1.00 e. The molecular weight excluding hydrogens is 975 g/mol. The molecule has 0 amide bonds. The molecule has 3 aliphatic heterocycles. The van der Waals surface area contributed by atoms with E-state index < -0.39 is 0 Å². The van der Waals surface area contributed by atoms with Crippen LogP contribution >= 0.6 is 18.6 Å². The van der Waals surface area contributed by atoms with Gasteiger partial charge in [-0.3, -0.25) is 9.80 Å². The fourth-order valence-electron chi connectivity index (χ4n) is 3.74. The Morgan fingerprint density at radius 1 is 0.549 bits per heavy atom. The van der Waals surface area contributed by atoms with E-state index in [0.29, 0.717) is 79.3 Å². The molecule has 3 heterocycles. The second-order valence-corrected chi connectivity index (χ2v) is 22.5. The van der Waals surface area contributed by atoms with Gasteiger partial charge in [0.15, 0.2) is 0 Å². The molecule has 0 atom stereocenters. The molecule has 12 nitrogen and oxygen atoms in total. The Hall–Kier alpha value is 0.908. The van der Waals surface area contributed by atoms with Crippen LogP contribution in [0.4, 0.5) is 0 Å². The summed E-state index contributed by atoms with van der Waals surface area (Å²) in [5.41, 5.74) is 2.69. The van der Waals surface area contributed by atoms with Crippen molar-refractivity contribution in [3.05, 3.63) is 86.3 Å². The first-order valence-electron chi connectivity index (χ1n) is 15.2. The van der Waals surface area contributed by atoms with Crippen LogP contribution in [0.15, 0.2) is 48.5 Å². The largest absolute Gasteiger partial charge is 1.00 e. The van der Waals surface area contributed by atoms with Gasteiger partial charge < -0.3 is 28.4 Å². The molecule has 2 aromatic carbocycles. The summed E-state index contributed by atoms with van der Waals surface area (Å²) in [6.45, 7) is 35.3. The third-order valence-electron chi connectivity index (χ3n) is 6.09. The molecule has 51 heavy (non-hydrogen) atoms. The maximum atomic E-state index is 7.50. The topological polar surface area (TPSA) is 141 Å². The van der Waals surface area contributed by atoms with E-state index in [2.05, 4.69) is 105 Å². The van der Waals surface area contributed by atoms with Crippen molar-refractivity contribution < 1.29 is 106 Å². The average molecular weight is 1030 g/mol. The first-order valence-corrected chi connectivity index (χ1v) is 28.6. The summed E-state index contributed by atoms with van der Waals surface area (Å²) in [6, 6.07) is 16.5. The number of fused-ring (bicyclic) bond motifs is 21. The zero-order chi connectivity index (χ0) is 37.6. The van der Waals surface area contributed by atoms with E-state index >= 15 is 0 Å². The maximum absolute atomic E-state index is 7.50. The van der Waals surface area contributed by atoms with Gasteiger partial charge in [0.05, 0.1) is 79.3 Å². The first kappa shape index (κ1) is 63.8. The minimum absolute atomic E-state index is 0. The summed E-state index contributed by atoms with van der Waals surface area (Å²) in [4.78, 5) is 4.62. The van der Waals surface area contributed by atoms with Gasteiger partial charge in [0.2, 0.25) is 0 Å². The monoisotopic (exact) mass is 1030 g/mol. The van der Waals surface area contributed by atoms with E-state index in [1.165, 1.54) is 11.1 Å². The van der Waals surface area contributed by atoms with Crippen molar-refractivity contribution in [1.29, 1.82) is 0 Å². The molecule has 2 bridgehead atoms. The fraction of sp³-hybridized carbons (Fsp3) is 0.588. The van der Waals surface area contributed by atoms with E-state index in [-0.39, 0.29) is 61.0 Å². The van der Waals surface area contributed by atoms with Crippen LogP contribution < -0.4 is 29.6 Å². The average Bonchev–Trinajstić information content (AvgIpc) is 3.84. The molecule has 3 fully saturated rings. The van der Waals surface area contributed by atoms with Crippen molar-refractivity contribution >= 4 is 33.0 Å². The number of rotatable bonds is 0. The number of nitrogens with zero attached hydrogens (tertiary/aromatic N) is 2. The summed E-state index contributed by atoms with van der Waals surface area (Å²) < 4.78 is 64.2. The van der Waals surface area contributed by atoms with Crippen LogP contribution in [0.5, 0.6) is 0 Å². The van der Waals surface area contributed by atoms with Crippen molar-refractivity contribution in [2.45, 2.75) is 13.8 Å². The zero-order valence-corrected chi connectivity index (χ0v) is 39.3. The predicted molar refractivity (Wildman–Crippen MR) is 187 cm³/mol. The minimum Gasteiger partial charge on any atom is 1.00 e. The molecule has 2 radical (unpaired) electrons. The Labute approximate surface area is 363 Å². The number of hydrogen-bond donors (Lipinski definition) is 0. The maximum Gasteiger partial charge on any atom is 1.00 e. The van der Waals surface area contributed by atoms with E-state index in [0.717, 1.165) is 39.3 Å². The van der Waals surface area contributed by atoms with E-state index in [1.807, 2.05) is 24.3 Å². The molecule has 17 heteroatoms. The molecule has 2 aromatic rings. The number of ether oxygens (including phenoxy) is 6. The van der Waals surface area contributed by atoms with E-state index in [9.17, 15) is 0 Å². The summed E-state index contributed by atoms with van der Waals surface area (Å²) in [5, 5.41) is 0. The quantitative estimate of drug-likeness (QED) is 0.161. The normalized spacial score (nSPS) is 18.0. The molecule has 0 unspecified atom stereocenters. The Kier molecular flexibility index (Phi) is 75.3. The molecule has 0 aliphatic carbocycles. The van der Waals surface area contributed by atoms with Crippen LogP contribution in [0, 0.1) is 40.4 Å². The second kappa shape index (κ2) is 60.2. The van der Waals surface area contributed by atoms with Crippen molar-refractivity contribution in [1.82, 2.24) is 9.80 Å². The Bertz CT molecular complexity index is 842. The van der Waals surface area contributed by atoms with Crippen LogP contribution in [0.1, 0.15) is 11.1 Å². The molecule has 3 saturated heterocycles. The predicted octanol–water partition coefficient (Wildman–Crippen LogP) is 0.499. The standard InChI is InChI=1S/C18H36N2O6.2C6H7.4CO.HI.2Mn.Na.Sn/c1-7-21-13-14-24-10-4-20-5-11-25-17-15-22-8-2-19(1)3-9-23-16-18-26-12-6-20;2*1-6-4-2-3-5-6;4*1-2;;;;;/h1-18H2;2*2-5H,1H3;;;;;1H;;;;/q;2*-1;;;;;;;;2*+1/p-1. The Morgan fingerprint density at radius 3 is 0.863 bits per heavy atom. The molecule has 5 rings (SSSR count). The Morgan fingerprint density at radius 2 is 0.745 bits per heavy atom. The van der Waals surface area contributed by atoms with Gasteiger partial charge in [-0.05, 0) is 0 Å². The second-order valence-electron chi connectivity index (χ2n) is 9.35. The molecule has 3 aliphatic rings. The van der Waals surface area contributed by atoms with Gasteiger partial charge in [-0.15, -0.1) is 0 Å². The van der Waals surface area contributed by atoms with Gasteiger partial charge in [0, 0.05) is 56.3 Å². The number of hydrogen-bond acceptors (Lipinski definition) is 8. The molecular formula is C34H50IMn2N2NaO10Sn-. The van der Waals surface area contributed by atoms with Crippen LogP contribution in [-0.4, -0.2) is 143 Å². The van der Waals surface area contributed by atoms with Crippen molar-refractivity contribution in [2.24, 2.45) is 0 Å². The first-order chi connectivity index (χ1) is 24.2. The minimum atomic E-state index is 0. The van der Waals surface area contributed by atoms with Gasteiger partial charge in [-0.25, -0.2) is 23.3 Å². The summed E-state index contributed by atoms with van der Waals surface area (Å²) in [6.07, 6.45) is 0. The van der Waals surface area contributed by atoms with Crippen molar-refractivity contribution in [3.8, 4) is 0 Å². The fourth-order valence-corrected chi connectivity index (χ4v) is 3.74. The van der Waals surface area contributed by atoms with Crippen LogP contribution in [-0.2, 0) is 76.3 Å². The van der Waals surface area contributed by atoms with Crippen molar-refractivity contribution in [3.63, 3.8) is 0 Å². The van der Waals surface area contributed by atoms with Crippen LogP contribution in [0.3, 0.4) is 0 Å². The van der Waals surface area contributed by atoms with Gasteiger partial charge in [0.25, 0.3) is 0 Å². The van der Waals surface area contributed by atoms with Gasteiger partial charge in [-0.1, -0.05) is 13.8 Å². The molecule has 0 aromatic heterocycles. The summed E-state index contributed by atoms with van der Waals surface area (Å²) >= 11 is 5.69. The Balaban J connectivity index is -0.000000165. The zero-order valence-electron chi connectivity index (χ0n) is 30.0. The SMILES string of the molecule is C1COCCN2CCOCCOCCN(CCO1)CCOCCOCC2.Cc1cc[cH-]c1.Cc1cc[cH-]c1.[C-]#[O+].[C-]#[O+].[C-]#[O+].[C-]#[O+].[Mn].[Mn]=[Sn][I].[Na+]. The molecule has 283 valence electrons. The third-order valence-corrected chi connectivity index (χ3v) is 6.09. The molecule has 0 spiro atoms. The van der Waals surface area contributed by atoms with Crippen molar-refractivity contribution in [2.75, 3.05) is 119 Å². The van der Waals surface area contributed by atoms with Gasteiger partial charge in [0.1, 0.15) is 0 Å². The molecule has 0 saturated carbocycles. The van der Waals surface area contributed by atoms with Crippen LogP contribution in [0.2, 0.25) is 0 Å². The van der Waals surface area contributed by atoms with Gasteiger partial charge in [-0.2, -0.15) is 36.4 Å². The van der Waals surface area contributed by atoms with Crippen LogP contribution in [0.25, 0.3) is 0 Å². The van der Waals surface area contributed by atoms with Gasteiger partial charge >= 0.3 is 120 Å². The number of aryl methyl sites for hydroxylation is 2. The third kappa shape index (κ3) is 53.1.